The van der Waals surface area contributed by atoms with E-state index in [2.05, 4.69) is 0 Å². The van der Waals surface area contributed by atoms with Crippen molar-refractivity contribution in [1.29, 1.82) is 0 Å². The first-order valence-electron chi connectivity index (χ1n) is 18.3. The fourth-order valence-corrected chi connectivity index (χ4v) is 9.13. The predicted molar refractivity (Wildman–Crippen MR) is 220 cm³/mol. The van der Waals surface area contributed by atoms with E-state index in [4.69, 9.17) is 20.9 Å². The highest BCUT2D eigenvalue weighted by molar-refractivity contribution is 8.76. The van der Waals surface area contributed by atoms with Gasteiger partial charge in [-0.2, -0.15) is 0 Å². The summed E-state index contributed by atoms with van der Waals surface area (Å²) in [7, 11) is 1.79. The molecule has 0 saturated heterocycles. The second-order valence-electron chi connectivity index (χ2n) is 13.0. The lowest BCUT2D eigenvalue weighted by Crippen LogP contribution is -2.30. The first kappa shape index (κ1) is 42.8. The summed E-state index contributed by atoms with van der Waals surface area (Å²) in [4.78, 5) is 82.5. The lowest BCUT2D eigenvalue weighted by Gasteiger charge is -2.15. The van der Waals surface area contributed by atoms with Crippen LogP contribution in [0.15, 0.2) is 132 Å². The highest BCUT2D eigenvalue weighted by Crippen LogP contribution is 2.48. The van der Waals surface area contributed by atoms with Crippen LogP contribution in [0.5, 0.6) is 0 Å². The van der Waals surface area contributed by atoms with E-state index in [1.807, 2.05) is 0 Å². The van der Waals surface area contributed by atoms with Crippen LogP contribution in [0, 0.1) is 11.6 Å². The molecule has 0 radical (unpaired) electrons. The largest absolute Gasteiger partial charge is 0.465 e. The number of halogens is 2. The first-order valence-corrected chi connectivity index (χ1v) is 20.5. The Morgan fingerprint density at radius 3 is 1.18 bits per heavy atom. The van der Waals surface area contributed by atoms with Gasteiger partial charge < -0.3 is 30.1 Å². The fraction of sp³-hybridized carbons (Fsp3) is 0.136. The maximum Gasteiger partial charge on any atom is 0.323 e. The quantitative estimate of drug-likeness (QED) is 0.0417. The minimum atomic E-state index is -1.77. The van der Waals surface area contributed by atoms with Gasteiger partial charge in [0.1, 0.15) is 21.7 Å². The van der Waals surface area contributed by atoms with Crippen LogP contribution in [-0.2, 0) is 28.7 Å². The predicted octanol–water partition coefficient (Wildman–Crippen LogP) is 7.07. The number of rotatable bonds is 17. The van der Waals surface area contributed by atoms with Crippen LogP contribution >= 0.6 is 21.6 Å². The molecule has 4 aromatic carbocycles. The zero-order chi connectivity index (χ0) is 43.1. The summed E-state index contributed by atoms with van der Waals surface area (Å²) in [6.07, 6.45) is 2.73. The molecule has 12 nitrogen and oxygen atoms in total. The van der Waals surface area contributed by atoms with Crippen LogP contribution in [0.25, 0.3) is 11.4 Å². The van der Waals surface area contributed by atoms with E-state index in [9.17, 15) is 37.5 Å². The normalized spacial score (nSPS) is 12.0. The second-order valence-corrected chi connectivity index (χ2v) is 15.1. The molecule has 6 rings (SSSR count). The van der Waals surface area contributed by atoms with Gasteiger partial charge in [-0.1, -0.05) is 60.7 Å². The lowest BCUT2D eigenvalue weighted by molar-refractivity contribution is -0.149. The van der Waals surface area contributed by atoms with Gasteiger partial charge in [0.25, 0.3) is 0 Å². The lowest BCUT2D eigenvalue weighted by atomic mass is 9.93. The van der Waals surface area contributed by atoms with Crippen molar-refractivity contribution in [3.8, 4) is 11.4 Å². The molecule has 2 amide bonds. The van der Waals surface area contributed by atoms with E-state index in [1.165, 1.54) is 108 Å². The number of hydrogen-bond acceptors (Lipinski definition) is 10. The van der Waals surface area contributed by atoms with Crippen molar-refractivity contribution in [2.45, 2.75) is 35.7 Å². The minimum Gasteiger partial charge on any atom is -0.465 e. The van der Waals surface area contributed by atoms with Crippen LogP contribution in [0.3, 0.4) is 0 Å². The van der Waals surface area contributed by atoms with Crippen molar-refractivity contribution in [2.75, 3.05) is 13.2 Å². The summed E-state index contributed by atoms with van der Waals surface area (Å²) in [5.74, 6) is -10.2. The summed E-state index contributed by atoms with van der Waals surface area (Å²) in [5, 5.41) is 0.184. The molecular weight excluding hydrogens is 815 g/mol. The smallest absolute Gasteiger partial charge is 0.323 e. The average molecular weight is 851 g/mol. The molecule has 2 atom stereocenters. The molecule has 0 aliphatic rings. The Balaban J connectivity index is 1.67. The second kappa shape index (κ2) is 18.9. The minimum absolute atomic E-state index is 0.0920. The van der Waals surface area contributed by atoms with E-state index in [0.29, 0.717) is 11.4 Å². The standard InChI is InChI=1S/C44H36F2N4O8S2/c1-3-57-43(55)35(39(47)53)31-23-49(29-19-15-27(45)16-20-29)41(33(31)37(51)25-11-7-5-8-12-25)59-60-42-34(38(52)26-13-9-6-10-14-26)32(36(40(48)54)44(56)58-4-2)24-50(42)30-21-17-28(46)18-22-30/h5-24,35-36H,3-4H2,1-2H3,(H2,47,53)(H2,48,54). The maximum atomic E-state index is 14.7. The Bertz CT molecular complexity index is 2400. The van der Waals surface area contributed by atoms with E-state index < -0.39 is 58.8 Å². The van der Waals surface area contributed by atoms with Gasteiger partial charge in [0, 0.05) is 46.0 Å². The number of carbonyl (C=O) groups is 6. The highest BCUT2D eigenvalue weighted by atomic mass is 33.1. The van der Waals surface area contributed by atoms with Crippen molar-refractivity contribution in [3.63, 3.8) is 0 Å². The summed E-state index contributed by atoms with van der Waals surface area (Å²) < 4.78 is 42.1. The molecular formula is C44H36F2N4O8S2. The Hall–Kier alpha value is -6.78. The summed E-state index contributed by atoms with van der Waals surface area (Å²) in [5.41, 5.74) is 12.1. The van der Waals surface area contributed by atoms with Crippen molar-refractivity contribution in [2.24, 2.45) is 11.5 Å². The van der Waals surface area contributed by atoms with Gasteiger partial charge in [0.2, 0.25) is 11.8 Å². The number of esters is 2. The van der Waals surface area contributed by atoms with E-state index in [1.54, 1.807) is 36.4 Å². The average Bonchev–Trinajstić information content (AvgIpc) is 3.79. The van der Waals surface area contributed by atoms with Crippen LogP contribution in [-0.4, -0.2) is 57.7 Å². The molecule has 2 unspecified atom stereocenters. The van der Waals surface area contributed by atoms with E-state index >= 15 is 0 Å². The van der Waals surface area contributed by atoms with E-state index in [0.717, 1.165) is 21.6 Å². The number of nitrogens with two attached hydrogens (primary N) is 2. The zero-order valence-electron chi connectivity index (χ0n) is 32.0. The molecule has 0 aliphatic heterocycles. The number of benzene rings is 4. The summed E-state index contributed by atoms with van der Waals surface area (Å²) >= 11 is 0. The molecule has 2 heterocycles. The number of aromatic nitrogens is 2. The van der Waals surface area contributed by atoms with Crippen molar-refractivity contribution < 1.29 is 47.0 Å². The van der Waals surface area contributed by atoms with Gasteiger partial charge in [-0.25, -0.2) is 8.78 Å². The zero-order valence-corrected chi connectivity index (χ0v) is 33.6. The molecule has 0 bridgehead atoms. The molecule has 16 heteroatoms. The maximum absolute atomic E-state index is 14.7. The third kappa shape index (κ3) is 8.94. The SMILES string of the molecule is CCOC(=O)C(C(N)=O)c1cn(-c2ccc(F)cc2)c(SSc2c(C(=O)c3ccccc3)c(C(C(N)=O)C(=O)OCC)cn2-c2ccc(F)cc2)c1C(=O)c1ccccc1. The topological polar surface area (TPSA) is 183 Å². The molecule has 0 saturated carbocycles. The van der Waals surface area contributed by atoms with Crippen LogP contribution in [0.4, 0.5) is 8.78 Å². The van der Waals surface area contributed by atoms with Gasteiger partial charge in [-0.3, -0.25) is 28.8 Å². The fourth-order valence-electron chi connectivity index (χ4n) is 6.45. The molecule has 4 N–H and O–H groups in total. The van der Waals surface area contributed by atoms with Gasteiger partial charge in [-0.15, -0.1) is 0 Å². The molecule has 2 aromatic heterocycles. The molecule has 6 aromatic rings. The Kier molecular flexibility index (Phi) is 13.5. The first-order chi connectivity index (χ1) is 28.9. The summed E-state index contributed by atoms with van der Waals surface area (Å²) in [6.45, 7) is 2.85. The highest BCUT2D eigenvalue weighted by Gasteiger charge is 2.39. The van der Waals surface area contributed by atoms with Gasteiger partial charge in [0.15, 0.2) is 23.4 Å². The molecule has 60 heavy (non-hydrogen) atoms. The Morgan fingerprint density at radius 1 is 0.550 bits per heavy atom. The molecule has 0 fully saturated rings. The van der Waals surface area contributed by atoms with Crippen molar-refractivity contribution >= 4 is 56.9 Å². The van der Waals surface area contributed by atoms with Gasteiger partial charge in [0.05, 0.1) is 24.3 Å². The Morgan fingerprint density at radius 2 is 0.883 bits per heavy atom. The number of hydrogen-bond donors (Lipinski definition) is 2. The Labute approximate surface area is 350 Å². The van der Waals surface area contributed by atoms with Gasteiger partial charge in [-0.05, 0) is 84.0 Å². The van der Waals surface area contributed by atoms with Crippen LogP contribution < -0.4 is 11.5 Å². The molecule has 0 aliphatic carbocycles. The number of carbonyl (C=O) groups excluding carboxylic acids is 6. The number of nitrogens with zero attached hydrogens (tertiary/aromatic N) is 2. The number of ketones is 2. The van der Waals surface area contributed by atoms with E-state index in [-0.39, 0.29) is 56.6 Å². The van der Waals surface area contributed by atoms with Gasteiger partial charge >= 0.3 is 11.9 Å². The van der Waals surface area contributed by atoms with Crippen LogP contribution in [0.2, 0.25) is 0 Å². The number of ether oxygens (including phenoxy) is 2. The molecule has 306 valence electrons. The number of primary amides is 2. The van der Waals surface area contributed by atoms with Crippen molar-refractivity contribution in [3.05, 3.63) is 167 Å². The monoisotopic (exact) mass is 850 g/mol. The molecule has 0 spiro atoms. The summed E-state index contributed by atoms with van der Waals surface area (Å²) in [6, 6.07) is 26.4. The van der Waals surface area contributed by atoms with Crippen LogP contribution in [0.1, 0.15) is 68.7 Å². The third-order valence-corrected chi connectivity index (χ3v) is 11.5. The third-order valence-electron chi connectivity index (χ3n) is 9.15. The van der Waals surface area contributed by atoms with Crippen molar-refractivity contribution in [1.82, 2.24) is 9.13 Å². The number of amides is 2.